The molecule has 27 heavy (non-hydrogen) atoms. The SMILES string of the molecule is O=C(O)[C@@H]1CN(C(=O)NC2CC(=O)N(c3ccccc3)C2)C[C@H]1C(F)(F)F. The number of nitrogens with one attached hydrogen (secondary N) is 1. The molecule has 2 heterocycles. The van der Waals surface area contributed by atoms with Crippen LogP contribution in [0.2, 0.25) is 0 Å². The van der Waals surface area contributed by atoms with Crippen LogP contribution in [0.25, 0.3) is 0 Å². The summed E-state index contributed by atoms with van der Waals surface area (Å²) in [5.74, 6) is -5.59. The Morgan fingerprint density at radius 3 is 2.33 bits per heavy atom. The van der Waals surface area contributed by atoms with Gasteiger partial charge in [-0.25, -0.2) is 4.79 Å². The van der Waals surface area contributed by atoms with Crippen molar-refractivity contribution in [2.24, 2.45) is 11.8 Å². The largest absolute Gasteiger partial charge is 0.481 e. The van der Waals surface area contributed by atoms with Gasteiger partial charge in [0.05, 0.1) is 17.9 Å². The number of likely N-dealkylation sites (tertiary alicyclic amines) is 1. The summed E-state index contributed by atoms with van der Waals surface area (Å²) in [5, 5.41) is 11.6. The summed E-state index contributed by atoms with van der Waals surface area (Å²) in [6, 6.07) is 7.47. The van der Waals surface area contributed by atoms with Gasteiger partial charge in [0.2, 0.25) is 5.91 Å². The predicted octanol–water partition coefficient (Wildman–Crippen LogP) is 1.70. The highest BCUT2D eigenvalue weighted by Gasteiger charge is 2.53. The Bertz CT molecular complexity index is 741. The Morgan fingerprint density at radius 1 is 1.11 bits per heavy atom. The standard InChI is InChI=1S/C17H18F3N3O4/c18-17(19,20)13-9-22(8-12(13)15(25)26)16(27)21-10-6-14(24)23(7-10)11-4-2-1-3-5-11/h1-5,10,12-13H,6-9H2,(H,21,27)(H,25,26)/t10?,12-,13-/m1/s1. The van der Waals surface area contributed by atoms with Gasteiger partial charge in [-0.3, -0.25) is 9.59 Å². The lowest BCUT2D eigenvalue weighted by atomic mass is 9.96. The van der Waals surface area contributed by atoms with Gasteiger partial charge in [-0.15, -0.1) is 0 Å². The van der Waals surface area contributed by atoms with Gasteiger partial charge >= 0.3 is 18.2 Å². The first-order chi connectivity index (χ1) is 12.7. The molecule has 3 rings (SSSR count). The van der Waals surface area contributed by atoms with Crippen LogP contribution in [0.5, 0.6) is 0 Å². The molecule has 2 fully saturated rings. The van der Waals surface area contributed by atoms with Crippen LogP contribution in [0.15, 0.2) is 30.3 Å². The average molecular weight is 385 g/mol. The highest BCUT2D eigenvalue weighted by atomic mass is 19.4. The quantitative estimate of drug-likeness (QED) is 0.829. The van der Waals surface area contributed by atoms with E-state index in [9.17, 15) is 27.6 Å². The lowest BCUT2D eigenvalue weighted by Crippen LogP contribution is -2.45. The van der Waals surface area contributed by atoms with E-state index in [0.29, 0.717) is 5.69 Å². The molecule has 0 spiro atoms. The fraction of sp³-hybridized carbons (Fsp3) is 0.471. The number of rotatable bonds is 3. The third kappa shape index (κ3) is 3.99. The van der Waals surface area contributed by atoms with Crippen LogP contribution in [-0.4, -0.2) is 59.8 Å². The summed E-state index contributed by atoms with van der Waals surface area (Å²) in [6.07, 6.45) is -4.68. The Labute approximate surface area is 152 Å². The predicted molar refractivity (Wildman–Crippen MR) is 88.0 cm³/mol. The summed E-state index contributed by atoms with van der Waals surface area (Å²) in [5.41, 5.74) is 0.670. The van der Waals surface area contributed by atoms with Crippen molar-refractivity contribution in [3.63, 3.8) is 0 Å². The van der Waals surface area contributed by atoms with Gasteiger partial charge in [0, 0.05) is 31.7 Å². The molecule has 2 saturated heterocycles. The summed E-state index contributed by atoms with van der Waals surface area (Å²) in [6.45, 7) is -1.03. The molecule has 1 unspecified atom stereocenters. The lowest BCUT2D eigenvalue weighted by molar-refractivity contribution is -0.187. The highest BCUT2D eigenvalue weighted by Crippen LogP contribution is 2.37. The number of benzene rings is 1. The van der Waals surface area contributed by atoms with Gasteiger partial charge in [0.15, 0.2) is 0 Å². The van der Waals surface area contributed by atoms with E-state index in [1.807, 2.05) is 0 Å². The van der Waals surface area contributed by atoms with Crippen molar-refractivity contribution in [1.29, 1.82) is 0 Å². The number of anilines is 1. The first-order valence-electron chi connectivity index (χ1n) is 8.37. The van der Waals surface area contributed by atoms with Crippen LogP contribution in [0.4, 0.5) is 23.7 Å². The van der Waals surface area contributed by atoms with E-state index in [-0.39, 0.29) is 18.9 Å². The number of halogens is 3. The smallest absolute Gasteiger partial charge is 0.394 e. The van der Waals surface area contributed by atoms with Gasteiger partial charge in [0.1, 0.15) is 0 Å². The molecule has 0 saturated carbocycles. The first-order valence-corrected chi connectivity index (χ1v) is 8.37. The van der Waals surface area contributed by atoms with Crippen molar-refractivity contribution in [2.45, 2.75) is 18.6 Å². The van der Waals surface area contributed by atoms with E-state index in [2.05, 4.69) is 5.32 Å². The van der Waals surface area contributed by atoms with Gasteiger partial charge in [-0.2, -0.15) is 13.2 Å². The zero-order valence-corrected chi connectivity index (χ0v) is 14.1. The topological polar surface area (TPSA) is 90.0 Å². The molecular weight excluding hydrogens is 367 g/mol. The minimum atomic E-state index is -4.70. The molecule has 10 heteroatoms. The van der Waals surface area contributed by atoms with E-state index in [1.165, 1.54) is 4.90 Å². The molecule has 2 aliphatic heterocycles. The van der Waals surface area contributed by atoms with Crippen LogP contribution in [0.3, 0.4) is 0 Å². The van der Waals surface area contributed by atoms with E-state index in [4.69, 9.17) is 5.11 Å². The third-order valence-electron chi connectivity index (χ3n) is 4.87. The number of amides is 3. The fourth-order valence-corrected chi connectivity index (χ4v) is 3.48. The van der Waals surface area contributed by atoms with E-state index < -0.39 is 49.1 Å². The van der Waals surface area contributed by atoms with Gasteiger partial charge in [0.25, 0.3) is 0 Å². The van der Waals surface area contributed by atoms with Crippen LogP contribution in [-0.2, 0) is 9.59 Å². The van der Waals surface area contributed by atoms with Crippen LogP contribution < -0.4 is 10.2 Å². The minimum Gasteiger partial charge on any atom is -0.481 e. The van der Waals surface area contributed by atoms with Crippen LogP contribution in [0, 0.1) is 11.8 Å². The molecule has 3 amide bonds. The van der Waals surface area contributed by atoms with Crippen LogP contribution in [0.1, 0.15) is 6.42 Å². The molecule has 7 nitrogen and oxygen atoms in total. The summed E-state index contributed by atoms with van der Waals surface area (Å²) in [4.78, 5) is 37.9. The number of carboxylic acids is 1. The lowest BCUT2D eigenvalue weighted by Gasteiger charge is -2.21. The van der Waals surface area contributed by atoms with Gasteiger partial charge in [-0.05, 0) is 12.1 Å². The molecule has 146 valence electrons. The number of carbonyl (C=O) groups excluding carboxylic acids is 2. The number of alkyl halides is 3. The molecule has 0 bridgehead atoms. The monoisotopic (exact) mass is 385 g/mol. The molecular formula is C17H18F3N3O4. The van der Waals surface area contributed by atoms with Crippen molar-refractivity contribution < 1.29 is 32.7 Å². The zero-order chi connectivity index (χ0) is 19.8. The van der Waals surface area contributed by atoms with Gasteiger partial charge in [-0.1, -0.05) is 18.2 Å². The molecule has 2 aliphatic rings. The number of urea groups is 1. The number of carbonyl (C=O) groups is 3. The number of hydrogen-bond donors (Lipinski definition) is 2. The Morgan fingerprint density at radius 2 is 1.78 bits per heavy atom. The summed E-state index contributed by atoms with van der Waals surface area (Å²) < 4.78 is 39.1. The molecule has 2 N–H and O–H groups in total. The Kier molecular flexibility index (Phi) is 4.99. The summed E-state index contributed by atoms with van der Waals surface area (Å²) in [7, 11) is 0. The maximum absolute atomic E-state index is 13.0. The maximum Gasteiger partial charge on any atom is 0.394 e. The Balaban J connectivity index is 1.63. The highest BCUT2D eigenvalue weighted by molar-refractivity contribution is 5.96. The molecule has 0 radical (unpaired) electrons. The van der Waals surface area contributed by atoms with Crippen molar-refractivity contribution in [3.05, 3.63) is 30.3 Å². The summed E-state index contributed by atoms with van der Waals surface area (Å²) >= 11 is 0. The minimum absolute atomic E-state index is 0.0273. The van der Waals surface area contributed by atoms with E-state index in [1.54, 1.807) is 30.3 Å². The number of hydrogen-bond acceptors (Lipinski definition) is 3. The normalized spacial score (nSPS) is 25.7. The van der Waals surface area contributed by atoms with E-state index >= 15 is 0 Å². The van der Waals surface area contributed by atoms with Crippen molar-refractivity contribution in [2.75, 3.05) is 24.5 Å². The first kappa shape index (κ1) is 19.0. The average Bonchev–Trinajstić information content (AvgIpc) is 3.19. The second-order valence-corrected chi connectivity index (χ2v) is 6.69. The third-order valence-corrected chi connectivity index (χ3v) is 4.87. The maximum atomic E-state index is 13.0. The zero-order valence-electron chi connectivity index (χ0n) is 14.1. The molecule has 1 aromatic carbocycles. The molecule has 0 aliphatic carbocycles. The second kappa shape index (κ2) is 7.09. The number of carboxylic acid groups (broad SMARTS) is 1. The van der Waals surface area contributed by atoms with E-state index in [0.717, 1.165) is 4.90 Å². The van der Waals surface area contributed by atoms with Crippen molar-refractivity contribution in [1.82, 2.24) is 10.2 Å². The van der Waals surface area contributed by atoms with Crippen molar-refractivity contribution in [3.8, 4) is 0 Å². The molecule has 1 aromatic rings. The molecule has 3 atom stereocenters. The second-order valence-electron chi connectivity index (χ2n) is 6.69. The number of nitrogens with zero attached hydrogens (tertiary/aromatic N) is 2. The van der Waals surface area contributed by atoms with Crippen molar-refractivity contribution >= 4 is 23.6 Å². The van der Waals surface area contributed by atoms with Crippen LogP contribution >= 0.6 is 0 Å². The molecule has 0 aromatic heterocycles. The Hall–Kier alpha value is -2.78. The fourth-order valence-electron chi connectivity index (χ4n) is 3.48. The van der Waals surface area contributed by atoms with Gasteiger partial charge < -0.3 is 20.2 Å². The number of aliphatic carboxylic acids is 1. The number of para-hydroxylation sites is 1.